The molecule has 1 aromatic carbocycles. The second-order valence-electron chi connectivity index (χ2n) is 3.66. The number of para-hydroxylation sites is 1. The minimum absolute atomic E-state index is 0.394. The van der Waals surface area contributed by atoms with Crippen LogP contribution >= 0.6 is 11.3 Å². The Kier molecular flexibility index (Phi) is 2.53. The molecule has 3 rings (SSSR count). The summed E-state index contributed by atoms with van der Waals surface area (Å²) in [6, 6.07) is 9.15. The minimum Gasteiger partial charge on any atom is -0.422 e. The summed E-state index contributed by atoms with van der Waals surface area (Å²) in [5.41, 5.74) is 1.19. The lowest BCUT2D eigenvalue weighted by Crippen LogP contribution is -2.02. The second-order valence-corrected chi connectivity index (χ2v) is 4.50. The lowest BCUT2D eigenvalue weighted by molar-refractivity contribution is 0.563. The molecule has 0 aliphatic rings. The first-order valence-corrected chi connectivity index (χ1v) is 6.11. The van der Waals surface area contributed by atoms with Gasteiger partial charge in [-0.2, -0.15) is 0 Å². The van der Waals surface area contributed by atoms with Gasteiger partial charge in [0.2, 0.25) is 5.13 Å². The van der Waals surface area contributed by atoms with Gasteiger partial charge in [-0.3, -0.25) is 0 Å². The summed E-state index contributed by atoms with van der Waals surface area (Å²) < 4.78 is 5.25. The second kappa shape index (κ2) is 4.19. The van der Waals surface area contributed by atoms with Crippen LogP contribution in [0.3, 0.4) is 0 Å². The number of hydrogen-bond acceptors (Lipinski definition) is 5. The number of rotatable bonds is 2. The molecule has 0 radical (unpaired) electrons. The van der Waals surface area contributed by atoms with E-state index in [2.05, 4.69) is 16.7 Å². The third-order valence-corrected chi connectivity index (χ3v) is 3.32. The number of hydrogen-bond donors (Lipinski definition) is 0. The van der Waals surface area contributed by atoms with Gasteiger partial charge in [0.1, 0.15) is 5.58 Å². The molecule has 4 nitrogen and oxygen atoms in total. The average Bonchev–Trinajstić information content (AvgIpc) is 2.86. The highest BCUT2D eigenvalue weighted by Gasteiger charge is 2.10. The van der Waals surface area contributed by atoms with E-state index in [9.17, 15) is 4.79 Å². The molecule has 0 spiro atoms. The predicted molar refractivity (Wildman–Crippen MR) is 72.8 cm³/mol. The van der Waals surface area contributed by atoms with E-state index in [-0.39, 0.29) is 0 Å². The van der Waals surface area contributed by atoms with Gasteiger partial charge >= 0.3 is 5.63 Å². The first kappa shape index (κ1) is 10.9. The zero-order valence-corrected chi connectivity index (χ0v) is 10.1. The van der Waals surface area contributed by atoms with Crippen LogP contribution in [0.4, 0.5) is 5.13 Å². The Bertz CT molecular complexity index is 789. The maximum Gasteiger partial charge on any atom is 0.345 e. The van der Waals surface area contributed by atoms with Crippen molar-refractivity contribution in [3.05, 3.63) is 46.1 Å². The molecular formula is C13H8N2O2S. The molecule has 0 atom stereocenters. The summed E-state index contributed by atoms with van der Waals surface area (Å²) in [4.78, 5) is 19.8. The van der Waals surface area contributed by atoms with Gasteiger partial charge in [-0.15, -0.1) is 11.3 Å². The van der Waals surface area contributed by atoms with Crippen molar-refractivity contribution in [1.82, 2.24) is 4.98 Å². The standard InChI is InChI=1S/C13H8N2O2S/c1-14-13-15-10(7-18-13)9-6-8-4-2-3-5-11(8)17-12(9)16/h2-7H,1H2. The van der Waals surface area contributed by atoms with Crippen molar-refractivity contribution in [2.75, 3.05) is 0 Å². The van der Waals surface area contributed by atoms with E-state index in [0.29, 0.717) is 22.0 Å². The predicted octanol–water partition coefficient (Wildman–Crippen LogP) is 3.25. The zero-order valence-electron chi connectivity index (χ0n) is 9.29. The van der Waals surface area contributed by atoms with Gasteiger partial charge in [-0.1, -0.05) is 18.2 Å². The van der Waals surface area contributed by atoms with Crippen molar-refractivity contribution in [1.29, 1.82) is 0 Å². The average molecular weight is 256 g/mol. The van der Waals surface area contributed by atoms with Gasteiger partial charge in [0, 0.05) is 10.8 Å². The molecule has 5 heteroatoms. The molecule has 0 bridgehead atoms. The minimum atomic E-state index is -0.394. The highest BCUT2D eigenvalue weighted by molar-refractivity contribution is 7.13. The van der Waals surface area contributed by atoms with E-state index in [1.165, 1.54) is 11.3 Å². The Hall–Kier alpha value is -2.27. The molecular weight excluding hydrogens is 248 g/mol. The molecule has 0 amide bonds. The van der Waals surface area contributed by atoms with Crippen LogP contribution in [0.15, 0.2) is 49.9 Å². The van der Waals surface area contributed by atoms with Gasteiger partial charge in [0.05, 0.1) is 11.3 Å². The number of benzene rings is 1. The Morgan fingerprint density at radius 1 is 1.33 bits per heavy atom. The van der Waals surface area contributed by atoms with Crippen LogP contribution < -0.4 is 5.63 Å². The fraction of sp³-hybridized carbons (Fsp3) is 0. The SMILES string of the molecule is C=Nc1nc(-c2cc3ccccc3oc2=O)cs1. The Morgan fingerprint density at radius 3 is 2.94 bits per heavy atom. The van der Waals surface area contributed by atoms with Gasteiger partial charge in [-0.05, 0) is 18.9 Å². The van der Waals surface area contributed by atoms with Crippen LogP contribution in [0.25, 0.3) is 22.2 Å². The van der Waals surface area contributed by atoms with Crippen molar-refractivity contribution in [3.63, 3.8) is 0 Å². The maximum absolute atomic E-state index is 11.9. The van der Waals surface area contributed by atoms with Crippen molar-refractivity contribution < 1.29 is 4.42 Å². The maximum atomic E-state index is 11.9. The molecule has 0 aliphatic carbocycles. The summed E-state index contributed by atoms with van der Waals surface area (Å²) in [7, 11) is 0. The summed E-state index contributed by atoms with van der Waals surface area (Å²) in [5, 5.41) is 3.18. The number of fused-ring (bicyclic) bond motifs is 1. The lowest BCUT2D eigenvalue weighted by atomic mass is 10.1. The number of aliphatic imine (C=N–C) groups is 1. The first-order valence-electron chi connectivity index (χ1n) is 5.23. The van der Waals surface area contributed by atoms with Crippen LogP contribution in [-0.2, 0) is 0 Å². The topological polar surface area (TPSA) is 55.5 Å². The van der Waals surface area contributed by atoms with Crippen molar-refractivity contribution in [3.8, 4) is 11.3 Å². The summed E-state index contributed by atoms with van der Waals surface area (Å²) in [5.74, 6) is 0. The molecule has 0 unspecified atom stereocenters. The van der Waals surface area contributed by atoms with Crippen molar-refractivity contribution >= 4 is 34.2 Å². The molecule has 0 N–H and O–H groups in total. The van der Waals surface area contributed by atoms with Crippen LogP contribution in [0.2, 0.25) is 0 Å². The van der Waals surface area contributed by atoms with Gasteiger partial charge in [-0.25, -0.2) is 14.8 Å². The molecule has 0 aliphatic heterocycles. The van der Waals surface area contributed by atoms with Crippen LogP contribution in [-0.4, -0.2) is 11.7 Å². The number of thiazole rings is 1. The number of aromatic nitrogens is 1. The smallest absolute Gasteiger partial charge is 0.345 e. The van der Waals surface area contributed by atoms with E-state index in [1.807, 2.05) is 18.2 Å². The fourth-order valence-electron chi connectivity index (χ4n) is 1.70. The normalized spacial score (nSPS) is 10.7. The summed E-state index contributed by atoms with van der Waals surface area (Å²) >= 11 is 1.34. The highest BCUT2D eigenvalue weighted by atomic mass is 32.1. The van der Waals surface area contributed by atoms with E-state index >= 15 is 0 Å². The Labute approximate surface area is 106 Å². The van der Waals surface area contributed by atoms with Gasteiger partial charge in [0.25, 0.3) is 0 Å². The summed E-state index contributed by atoms with van der Waals surface area (Å²) in [6.45, 7) is 3.41. The fourth-order valence-corrected chi connectivity index (χ4v) is 2.32. The van der Waals surface area contributed by atoms with Crippen LogP contribution in [0, 0.1) is 0 Å². The Balaban J connectivity index is 2.25. The molecule has 0 saturated carbocycles. The molecule has 0 saturated heterocycles. The lowest BCUT2D eigenvalue weighted by Gasteiger charge is -1.98. The van der Waals surface area contributed by atoms with Crippen molar-refractivity contribution in [2.45, 2.75) is 0 Å². The Morgan fingerprint density at radius 2 is 2.17 bits per heavy atom. The van der Waals surface area contributed by atoms with Gasteiger partial charge < -0.3 is 4.42 Å². The zero-order chi connectivity index (χ0) is 12.5. The highest BCUT2D eigenvalue weighted by Crippen LogP contribution is 2.26. The molecule has 88 valence electrons. The van der Waals surface area contributed by atoms with Gasteiger partial charge in [0.15, 0.2) is 0 Å². The largest absolute Gasteiger partial charge is 0.422 e. The monoisotopic (exact) mass is 256 g/mol. The molecule has 2 aromatic heterocycles. The third kappa shape index (κ3) is 1.74. The molecule has 2 heterocycles. The van der Waals surface area contributed by atoms with Crippen LogP contribution in [0.1, 0.15) is 0 Å². The molecule has 3 aromatic rings. The van der Waals surface area contributed by atoms with E-state index in [0.717, 1.165) is 5.39 Å². The molecule has 0 fully saturated rings. The van der Waals surface area contributed by atoms with Crippen molar-refractivity contribution in [2.24, 2.45) is 4.99 Å². The van der Waals surface area contributed by atoms with E-state index in [1.54, 1.807) is 17.5 Å². The quantitative estimate of drug-likeness (QED) is 0.522. The third-order valence-electron chi connectivity index (χ3n) is 2.54. The van der Waals surface area contributed by atoms with Crippen LogP contribution in [0.5, 0.6) is 0 Å². The molecule has 18 heavy (non-hydrogen) atoms. The van der Waals surface area contributed by atoms with E-state index in [4.69, 9.17) is 4.42 Å². The number of nitrogens with zero attached hydrogens (tertiary/aromatic N) is 2. The summed E-state index contributed by atoms with van der Waals surface area (Å²) in [6.07, 6.45) is 0. The van der Waals surface area contributed by atoms with E-state index < -0.39 is 5.63 Å². The first-order chi connectivity index (χ1) is 8.78.